The molecule has 1 aliphatic rings. The third-order valence-corrected chi connectivity index (χ3v) is 4.77. The van der Waals surface area contributed by atoms with Crippen molar-refractivity contribution >= 4 is 31.9 Å². The van der Waals surface area contributed by atoms with Gasteiger partial charge in [0.2, 0.25) is 10.0 Å². The second-order valence-corrected chi connectivity index (χ2v) is 7.28. The highest BCUT2D eigenvalue weighted by Crippen LogP contribution is 2.21. The van der Waals surface area contributed by atoms with Crippen LogP contribution in [0.1, 0.15) is 16.1 Å². The summed E-state index contributed by atoms with van der Waals surface area (Å²) in [7, 11) is -3.18. The number of sulfonamides is 1. The molecule has 19 heavy (non-hydrogen) atoms. The maximum absolute atomic E-state index is 12.2. The Morgan fingerprint density at radius 2 is 1.89 bits per heavy atom. The van der Waals surface area contributed by atoms with E-state index >= 15 is 0 Å². The second kappa shape index (κ2) is 5.26. The van der Waals surface area contributed by atoms with Gasteiger partial charge in [0.1, 0.15) is 0 Å². The van der Waals surface area contributed by atoms with Crippen molar-refractivity contribution in [2.24, 2.45) is 0 Å². The van der Waals surface area contributed by atoms with Crippen LogP contribution in [-0.4, -0.2) is 56.0 Å². The molecule has 1 aromatic heterocycles. The molecule has 0 bridgehead atoms. The van der Waals surface area contributed by atoms with Gasteiger partial charge in [-0.1, -0.05) is 0 Å². The lowest BCUT2D eigenvalue weighted by atomic mass is 10.2. The van der Waals surface area contributed by atoms with Gasteiger partial charge in [0.15, 0.2) is 10.4 Å². The summed E-state index contributed by atoms with van der Waals surface area (Å²) in [6, 6.07) is 1.74. The fourth-order valence-corrected chi connectivity index (χ4v) is 3.35. The molecule has 1 amide bonds. The minimum absolute atomic E-state index is 0.198. The Bertz CT molecular complexity index is 588. The molecule has 0 saturated carbocycles. The SMILES string of the molecule is Cc1cc(Br)oc1C(=O)N1CCN(S(C)(=O)=O)CC1. The molecule has 0 radical (unpaired) electrons. The van der Waals surface area contributed by atoms with Gasteiger partial charge in [0.05, 0.1) is 6.26 Å². The van der Waals surface area contributed by atoms with Crippen LogP contribution in [-0.2, 0) is 10.0 Å². The molecule has 2 rings (SSSR count). The van der Waals surface area contributed by atoms with Crippen LogP contribution in [0.25, 0.3) is 0 Å². The van der Waals surface area contributed by atoms with E-state index in [9.17, 15) is 13.2 Å². The number of hydrogen-bond acceptors (Lipinski definition) is 4. The quantitative estimate of drug-likeness (QED) is 0.799. The normalized spacial score (nSPS) is 17.7. The highest BCUT2D eigenvalue weighted by atomic mass is 79.9. The lowest BCUT2D eigenvalue weighted by Crippen LogP contribution is -2.50. The van der Waals surface area contributed by atoms with Gasteiger partial charge >= 0.3 is 0 Å². The van der Waals surface area contributed by atoms with Gasteiger partial charge < -0.3 is 9.32 Å². The number of carbonyl (C=O) groups excluding carboxylic acids is 1. The predicted octanol–water partition coefficient (Wildman–Crippen LogP) is 1.07. The summed E-state index contributed by atoms with van der Waals surface area (Å²) >= 11 is 3.19. The summed E-state index contributed by atoms with van der Waals surface area (Å²) in [4.78, 5) is 13.8. The number of aryl methyl sites for hydroxylation is 1. The predicted molar refractivity (Wildman–Crippen MR) is 73.5 cm³/mol. The summed E-state index contributed by atoms with van der Waals surface area (Å²) in [6.45, 7) is 3.21. The molecule has 0 aromatic carbocycles. The third kappa shape index (κ3) is 3.18. The van der Waals surface area contributed by atoms with E-state index in [1.165, 1.54) is 10.6 Å². The van der Waals surface area contributed by atoms with Crippen LogP contribution in [0.2, 0.25) is 0 Å². The monoisotopic (exact) mass is 350 g/mol. The van der Waals surface area contributed by atoms with Crippen molar-refractivity contribution < 1.29 is 17.6 Å². The average molecular weight is 351 g/mol. The zero-order valence-corrected chi connectivity index (χ0v) is 13.1. The smallest absolute Gasteiger partial charge is 0.289 e. The molecule has 0 atom stereocenters. The fraction of sp³-hybridized carbons (Fsp3) is 0.545. The lowest BCUT2D eigenvalue weighted by molar-refractivity contribution is 0.0664. The lowest BCUT2D eigenvalue weighted by Gasteiger charge is -2.32. The molecule has 6 nitrogen and oxygen atoms in total. The molecule has 0 N–H and O–H groups in total. The Kier molecular flexibility index (Phi) is 4.03. The first-order valence-corrected chi connectivity index (χ1v) is 8.43. The molecule has 1 aromatic rings. The number of nitrogens with zero attached hydrogens (tertiary/aromatic N) is 2. The molecule has 0 spiro atoms. The van der Waals surface area contributed by atoms with Crippen molar-refractivity contribution in [3.05, 3.63) is 22.1 Å². The maximum Gasteiger partial charge on any atom is 0.289 e. The number of piperazine rings is 1. The molecule has 0 aliphatic carbocycles. The molecule has 0 unspecified atom stereocenters. The summed E-state index contributed by atoms with van der Waals surface area (Å²) in [5.74, 6) is 0.107. The van der Waals surface area contributed by atoms with E-state index in [1.54, 1.807) is 17.9 Å². The van der Waals surface area contributed by atoms with Crippen molar-refractivity contribution in [2.45, 2.75) is 6.92 Å². The van der Waals surface area contributed by atoms with Gasteiger partial charge in [-0.3, -0.25) is 4.79 Å². The highest BCUT2D eigenvalue weighted by molar-refractivity contribution is 9.10. The third-order valence-electron chi connectivity index (χ3n) is 3.08. The van der Waals surface area contributed by atoms with Crippen LogP contribution in [0.4, 0.5) is 0 Å². The van der Waals surface area contributed by atoms with E-state index < -0.39 is 10.0 Å². The molecule has 1 saturated heterocycles. The Labute approximate surface area is 120 Å². The first-order chi connectivity index (χ1) is 8.79. The Morgan fingerprint density at radius 3 is 2.32 bits per heavy atom. The first-order valence-electron chi connectivity index (χ1n) is 5.79. The van der Waals surface area contributed by atoms with Crippen molar-refractivity contribution in [1.82, 2.24) is 9.21 Å². The van der Waals surface area contributed by atoms with Gasteiger partial charge in [0, 0.05) is 31.7 Å². The first kappa shape index (κ1) is 14.5. The van der Waals surface area contributed by atoms with E-state index in [-0.39, 0.29) is 5.91 Å². The van der Waals surface area contributed by atoms with Crippen LogP contribution in [0, 0.1) is 6.92 Å². The van der Waals surface area contributed by atoms with Crippen molar-refractivity contribution in [2.75, 3.05) is 32.4 Å². The topological polar surface area (TPSA) is 70.8 Å². The van der Waals surface area contributed by atoms with Gasteiger partial charge in [-0.15, -0.1) is 0 Å². The van der Waals surface area contributed by atoms with Gasteiger partial charge in [-0.25, -0.2) is 8.42 Å². The highest BCUT2D eigenvalue weighted by Gasteiger charge is 2.28. The standard InChI is InChI=1S/C11H15BrN2O4S/c1-8-7-9(12)18-10(8)11(15)13-3-5-14(6-4-13)19(2,16)17/h7H,3-6H2,1-2H3. The largest absolute Gasteiger partial charge is 0.444 e. The fourth-order valence-electron chi connectivity index (χ4n) is 2.02. The minimum Gasteiger partial charge on any atom is -0.444 e. The average Bonchev–Trinajstić information content (AvgIpc) is 2.66. The zero-order valence-electron chi connectivity index (χ0n) is 10.7. The number of carbonyl (C=O) groups is 1. The van der Waals surface area contributed by atoms with E-state index in [1.807, 2.05) is 0 Å². The summed E-state index contributed by atoms with van der Waals surface area (Å²) in [6.07, 6.45) is 1.18. The summed E-state index contributed by atoms with van der Waals surface area (Å²) in [5.41, 5.74) is 0.766. The molecule has 106 valence electrons. The minimum atomic E-state index is -3.18. The zero-order chi connectivity index (χ0) is 14.2. The van der Waals surface area contributed by atoms with Crippen molar-refractivity contribution in [1.29, 1.82) is 0 Å². The van der Waals surface area contributed by atoms with E-state index in [2.05, 4.69) is 15.9 Å². The van der Waals surface area contributed by atoms with Crippen LogP contribution < -0.4 is 0 Å². The van der Waals surface area contributed by atoms with E-state index in [4.69, 9.17) is 4.42 Å². The molecule has 1 fully saturated rings. The van der Waals surface area contributed by atoms with E-state index in [0.29, 0.717) is 36.6 Å². The van der Waals surface area contributed by atoms with Crippen LogP contribution in [0.3, 0.4) is 0 Å². The van der Waals surface area contributed by atoms with Crippen LogP contribution in [0.15, 0.2) is 15.2 Å². The summed E-state index contributed by atoms with van der Waals surface area (Å²) in [5, 5.41) is 0. The Balaban J connectivity index is 2.06. The number of halogens is 1. The van der Waals surface area contributed by atoms with Crippen LogP contribution in [0.5, 0.6) is 0 Å². The number of amides is 1. The molecule has 2 heterocycles. The Hall–Kier alpha value is -0.860. The second-order valence-electron chi connectivity index (χ2n) is 4.52. The molecule has 8 heteroatoms. The number of rotatable bonds is 2. The van der Waals surface area contributed by atoms with Crippen molar-refractivity contribution in [3.8, 4) is 0 Å². The number of hydrogen-bond donors (Lipinski definition) is 0. The summed E-state index contributed by atoms with van der Waals surface area (Å²) < 4.78 is 30.0. The maximum atomic E-state index is 12.2. The molecular formula is C11H15BrN2O4S. The van der Waals surface area contributed by atoms with Crippen molar-refractivity contribution in [3.63, 3.8) is 0 Å². The van der Waals surface area contributed by atoms with Gasteiger partial charge in [-0.05, 0) is 28.9 Å². The Morgan fingerprint density at radius 1 is 1.32 bits per heavy atom. The molecule has 1 aliphatic heterocycles. The van der Waals surface area contributed by atoms with Gasteiger partial charge in [0.25, 0.3) is 5.91 Å². The van der Waals surface area contributed by atoms with Crippen LogP contribution >= 0.6 is 15.9 Å². The van der Waals surface area contributed by atoms with E-state index in [0.717, 1.165) is 5.56 Å². The molecular weight excluding hydrogens is 336 g/mol. The number of furan rings is 1. The van der Waals surface area contributed by atoms with Gasteiger partial charge in [-0.2, -0.15) is 4.31 Å².